The highest BCUT2D eigenvalue weighted by molar-refractivity contribution is 5.41. The number of aromatic nitrogens is 2. The molecule has 16 heavy (non-hydrogen) atoms. The van der Waals surface area contributed by atoms with Crippen LogP contribution in [-0.2, 0) is 4.74 Å². The molecule has 1 aromatic rings. The number of rotatable bonds is 5. The lowest BCUT2D eigenvalue weighted by Crippen LogP contribution is -2.21. The van der Waals surface area contributed by atoms with E-state index >= 15 is 0 Å². The van der Waals surface area contributed by atoms with Crippen molar-refractivity contribution in [2.75, 3.05) is 43.6 Å². The van der Waals surface area contributed by atoms with Crippen LogP contribution in [-0.4, -0.2) is 43.3 Å². The molecule has 0 aromatic carbocycles. The van der Waals surface area contributed by atoms with E-state index in [1.165, 1.54) is 12.8 Å². The van der Waals surface area contributed by atoms with E-state index in [2.05, 4.69) is 20.2 Å². The number of ether oxygens (including phenoxy) is 1. The van der Waals surface area contributed by atoms with Crippen molar-refractivity contribution < 1.29 is 4.74 Å². The molecule has 1 aliphatic heterocycles. The summed E-state index contributed by atoms with van der Waals surface area (Å²) < 4.78 is 4.98. The number of hydrogen-bond donors (Lipinski definition) is 1. The Kier molecular flexibility index (Phi) is 3.93. The molecule has 0 radical (unpaired) electrons. The lowest BCUT2D eigenvalue weighted by molar-refractivity contribution is 0.210. The van der Waals surface area contributed by atoms with Crippen LogP contribution in [0.5, 0.6) is 0 Å². The lowest BCUT2D eigenvalue weighted by Gasteiger charge is -2.15. The van der Waals surface area contributed by atoms with E-state index in [1.807, 2.05) is 6.07 Å². The Labute approximate surface area is 95.8 Å². The highest BCUT2D eigenvalue weighted by atomic mass is 16.5. The van der Waals surface area contributed by atoms with Crippen LogP contribution >= 0.6 is 0 Å². The maximum atomic E-state index is 4.98. The smallest absolute Gasteiger partial charge is 0.227 e. The van der Waals surface area contributed by atoms with Crippen molar-refractivity contribution in [2.24, 2.45) is 0 Å². The first-order chi connectivity index (χ1) is 7.90. The molecule has 1 saturated heterocycles. The Morgan fingerprint density at radius 1 is 1.44 bits per heavy atom. The summed E-state index contributed by atoms with van der Waals surface area (Å²) in [5.41, 5.74) is 0. The molecule has 0 saturated carbocycles. The van der Waals surface area contributed by atoms with Gasteiger partial charge in [0.25, 0.3) is 0 Å². The molecule has 5 nitrogen and oxygen atoms in total. The number of methoxy groups -OCH3 is 1. The van der Waals surface area contributed by atoms with Gasteiger partial charge in [-0.2, -0.15) is 4.98 Å². The van der Waals surface area contributed by atoms with E-state index in [-0.39, 0.29) is 0 Å². The summed E-state index contributed by atoms with van der Waals surface area (Å²) in [5.74, 6) is 1.70. The highest BCUT2D eigenvalue weighted by Gasteiger charge is 2.14. The standard InChI is InChI=1S/C11H18N4O/c1-16-9-6-12-10-4-5-13-11(14-10)15-7-2-3-8-15/h4-5H,2-3,6-9H2,1H3,(H,12,13,14). The van der Waals surface area contributed by atoms with E-state index in [9.17, 15) is 0 Å². The van der Waals surface area contributed by atoms with Gasteiger partial charge in [0.1, 0.15) is 5.82 Å². The average molecular weight is 222 g/mol. The van der Waals surface area contributed by atoms with Crippen molar-refractivity contribution in [1.82, 2.24) is 9.97 Å². The molecular formula is C11H18N4O. The van der Waals surface area contributed by atoms with Gasteiger partial charge in [-0.3, -0.25) is 0 Å². The van der Waals surface area contributed by atoms with Crippen molar-refractivity contribution in [3.05, 3.63) is 12.3 Å². The van der Waals surface area contributed by atoms with Crippen molar-refractivity contribution in [3.63, 3.8) is 0 Å². The second-order valence-corrected chi connectivity index (χ2v) is 3.86. The van der Waals surface area contributed by atoms with Crippen LogP contribution in [0.15, 0.2) is 12.3 Å². The van der Waals surface area contributed by atoms with Gasteiger partial charge in [-0.1, -0.05) is 0 Å². The minimum Gasteiger partial charge on any atom is -0.383 e. The molecule has 0 bridgehead atoms. The van der Waals surface area contributed by atoms with Gasteiger partial charge in [-0.15, -0.1) is 0 Å². The summed E-state index contributed by atoms with van der Waals surface area (Å²) >= 11 is 0. The van der Waals surface area contributed by atoms with Crippen LogP contribution in [0, 0.1) is 0 Å². The Morgan fingerprint density at radius 2 is 2.25 bits per heavy atom. The molecule has 0 atom stereocenters. The van der Waals surface area contributed by atoms with Gasteiger partial charge in [0.2, 0.25) is 5.95 Å². The second kappa shape index (κ2) is 5.65. The topological polar surface area (TPSA) is 50.3 Å². The van der Waals surface area contributed by atoms with Gasteiger partial charge in [0.05, 0.1) is 6.61 Å². The number of nitrogens with one attached hydrogen (secondary N) is 1. The van der Waals surface area contributed by atoms with Crippen molar-refractivity contribution in [3.8, 4) is 0 Å². The molecule has 0 amide bonds. The van der Waals surface area contributed by atoms with Gasteiger partial charge < -0.3 is 15.0 Å². The van der Waals surface area contributed by atoms with Gasteiger partial charge in [0, 0.05) is 32.9 Å². The normalized spacial score (nSPS) is 15.4. The van der Waals surface area contributed by atoms with Crippen LogP contribution < -0.4 is 10.2 Å². The van der Waals surface area contributed by atoms with Gasteiger partial charge in [-0.05, 0) is 18.9 Å². The summed E-state index contributed by atoms with van der Waals surface area (Å²) in [5, 5.41) is 3.21. The predicted molar refractivity (Wildman–Crippen MR) is 63.8 cm³/mol. The minimum absolute atomic E-state index is 0.684. The molecule has 5 heteroatoms. The maximum Gasteiger partial charge on any atom is 0.227 e. The molecule has 0 unspecified atom stereocenters. The minimum atomic E-state index is 0.684. The molecule has 2 heterocycles. The number of hydrogen-bond acceptors (Lipinski definition) is 5. The van der Waals surface area contributed by atoms with Crippen LogP contribution in [0.1, 0.15) is 12.8 Å². The summed E-state index contributed by atoms with van der Waals surface area (Å²) in [6.45, 7) is 3.60. The van der Waals surface area contributed by atoms with E-state index < -0.39 is 0 Å². The van der Waals surface area contributed by atoms with Crippen molar-refractivity contribution in [1.29, 1.82) is 0 Å². The molecule has 0 aliphatic carbocycles. The molecule has 0 spiro atoms. The molecule has 1 aliphatic rings. The van der Waals surface area contributed by atoms with Crippen molar-refractivity contribution >= 4 is 11.8 Å². The summed E-state index contributed by atoms with van der Waals surface area (Å²) in [6.07, 6.45) is 4.28. The van der Waals surface area contributed by atoms with Gasteiger partial charge in [0.15, 0.2) is 0 Å². The van der Waals surface area contributed by atoms with E-state index in [0.29, 0.717) is 6.61 Å². The Morgan fingerprint density at radius 3 is 3.00 bits per heavy atom. The van der Waals surface area contributed by atoms with Gasteiger partial charge >= 0.3 is 0 Å². The van der Waals surface area contributed by atoms with Crippen LogP contribution in [0.4, 0.5) is 11.8 Å². The van der Waals surface area contributed by atoms with E-state index in [4.69, 9.17) is 4.74 Å². The zero-order valence-corrected chi connectivity index (χ0v) is 9.65. The fourth-order valence-electron chi connectivity index (χ4n) is 1.80. The first-order valence-corrected chi connectivity index (χ1v) is 5.71. The van der Waals surface area contributed by atoms with Gasteiger partial charge in [-0.25, -0.2) is 4.98 Å². The van der Waals surface area contributed by atoms with Crippen LogP contribution in [0.2, 0.25) is 0 Å². The Balaban J connectivity index is 1.95. The number of nitrogens with zero attached hydrogens (tertiary/aromatic N) is 3. The third kappa shape index (κ3) is 2.82. The Bertz CT molecular complexity index is 326. The molecule has 1 fully saturated rings. The van der Waals surface area contributed by atoms with E-state index in [0.717, 1.165) is 31.4 Å². The lowest BCUT2D eigenvalue weighted by atomic mass is 10.4. The SMILES string of the molecule is COCCNc1ccnc(N2CCCC2)n1. The largest absolute Gasteiger partial charge is 0.383 e. The molecular weight excluding hydrogens is 204 g/mol. The zero-order chi connectivity index (χ0) is 11.2. The summed E-state index contributed by atoms with van der Waals surface area (Å²) in [7, 11) is 1.69. The fraction of sp³-hybridized carbons (Fsp3) is 0.636. The average Bonchev–Trinajstić information content (AvgIpc) is 2.83. The third-order valence-corrected chi connectivity index (χ3v) is 2.64. The highest BCUT2D eigenvalue weighted by Crippen LogP contribution is 2.16. The maximum absolute atomic E-state index is 4.98. The fourth-order valence-corrected chi connectivity index (χ4v) is 1.80. The molecule has 88 valence electrons. The van der Waals surface area contributed by atoms with Crippen molar-refractivity contribution in [2.45, 2.75) is 12.8 Å². The first-order valence-electron chi connectivity index (χ1n) is 5.71. The third-order valence-electron chi connectivity index (χ3n) is 2.64. The summed E-state index contributed by atoms with van der Waals surface area (Å²) in [4.78, 5) is 11.0. The van der Waals surface area contributed by atoms with Crippen LogP contribution in [0.25, 0.3) is 0 Å². The van der Waals surface area contributed by atoms with Crippen LogP contribution in [0.3, 0.4) is 0 Å². The zero-order valence-electron chi connectivity index (χ0n) is 9.65. The first kappa shape index (κ1) is 11.1. The summed E-state index contributed by atoms with van der Waals surface area (Å²) in [6, 6.07) is 1.88. The quantitative estimate of drug-likeness (QED) is 0.757. The second-order valence-electron chi connectivity index (χ2n) is 3.86. The van der Waals surface area contributed by atoms with E-state index in [1.54, 1.807) is 13.3 Å². The molecule has 1 N–H and O–H groups in total. The number of anilines is 2. The predicted octanol–water partition coefficient (Wildman–Crippen LogP) is 1.14. The molecule has 1 aromatic heterocycles. The molecule has 2 rings (SSSR count). The Hall–Kier alpha value is -1.36. The monoisotopic (exact) mass is 222 g/mol.